The number of hydrogen-bond donors (Lipinski definition) is 0. The molecule has 0 aromatic carbocycles. The van der Waals surface area contributed by atoms with Crippen molar-refractivity contribution in [2.24, 2.45) is 22.2 Å². The van der Waals surface area contributed by atoms with Crippen LogP contribution in [0.1, 0.15) is 62.6 Å². The van der Waals surface area contributed by atoms with Crippen LogP contribution in [0.2, 0.25) is 4.34 Å². The molecule has 0 aliphatic heterocycles. The van der Waals surface area contributed by atoms with Gasteiger partial charge in [-0.3, -0.25) is 0 Å². The van der Waals surface area contributed by atoms with Gasteiger partial charge in [-0.1, -0.05) is 25.4 Å². The van der Waals surface area contributed by atoms with Gasteiger partial charge < -0.3 is 0 Å². The summed E-state index contributed by atoms with van der Waals surface area (Å²) in [6.07, 6.45) is 8.23. The zero-order valence-corrected chi connectivity index (χ0v) is 14.5. The Balaban J connectivity index is 1.73. The highest BCUT2D eigenvalue weighted by atomic mass is 35.5. The molecule has 1 heterocycles. The predicted molar refractivity (Wildman–Crippen MR) is 87.8 cm³/mol. The third kappa shape index (κ3) is 2.00. The Bertz CT molecular complexity index is 531. The predicted octanol–water partition coefficient (Wildman–Crippen LogP) is 6.68. The van der Waals surface area contributed by atoms with Gasteiger partial charge in [0, 0.05) is 4.88 Å². The molecule has 3 atom stereocenters. The van der Waals surface area contributed by atoms with Crippen molar-refractivity contribution >= 4 is 34.5 Å². The van der Waals surface area contributed by atoms with Crippen LogP contribution in [0, 0.1) is 22.2 Å². The topological polar surface area (TPSA) is 0 Å². The SMILES string of the molecule is CC12CC3CC(C)(C1)CC(C(Cl)c1ccc(Cl)s1)(C3)C2. The smallest absolute Gasteiger partial charge is 0.0931 e. The summed E-state index contributed by atoms with van der Waals surface area (Å²) in [7, 11) is 0. The first-order valence-corrected chi connectivity index (χ1v) is 9.34. The summed E-state index contributed by atoms with van der Waals surface area (Å²) >= 11 is 14.8. The van der Waals surface area contributed by atoms with E-state index in [1.807, 2.05) is 6.07 Å². The molecule has 0 spiro atoms. The second-order valence-electron chi connectivity index (χ2n) is 8.50. The van der Waals surface area contributed by atoms with Crippen molar-refractivity contribution in [3.8, 4) is 0 Å². The van der Waals surface area contributed by atoms with Crippen molar-refractivity contribution in [3.05, 3.63) is 21.3 Å². The highest BCUT2D eigenvalue weighted by Crippen LogP contribution is 2.73. The molecule has 3 unspecified atom stereocenters. The summed E-state index contributed by atoms with van der Waals surface area (Å²) < 4.78 is 0.868. The Kier molecular flexibility index (Phi) is 2.90. The van der Waals surface area contributed by atoms with E-state index in [-0.39, 0.29) is 5.38 Å². The minimum Gasteiger partial charge on any atom is -0.127 e. The first-order chi connectivity index (χ1) is 9.32. The highest BCUT2D eigenvalue weighted by Gasteiger charge is 2.62. The van der Waals surface area contributed by atoms with Crippen molar-refractivity contribution in [2.75, 3.05) is 0 Å². The van der Waals surface area contributed by atoms with E-state index in [9.17, 15) is 0 Å². The van der Waals surface area contributed by atoms with E-state index in [1.54, 1.807) is 11.3 Å². The van der Waals surface area contributed by atoms with Crippen LogP contribution in [0.5, 0.6) is 0 Å². The van der Waals surface area contributed by atoms with E-state index in [1.165, 1.54) is 43.4 Å². The summed E-state index contributed by atoms with van der Waals surface area (Å²) in [5, 5.41) is 0.155. The van der Waals surface area contributed by atoms with Crippen molar-refractivity contribution in [1.82, 2.24) is 0 Å². The van der Waals surface area contributed by atoms with Crippen LogP contribution in [0.25, 0.3) is 0 Å². The van der Waals surface area contributed by atoms with Gasteiger partial charge in [-0.15, -0.1) is 22.9 Å². The van der Waals surface area contributed by atoms with Crippen LogP contribution in [-0.4, -0.2) is 0 Å². The van der Waals surface area contributed by atoms with Crippen LogP contribution in [0.15, 0.2) is 12.1 Å². The molecule has 5 rings (SSSR count). The van der Waals surface area contributed by atoms with Gasteiger partial charge in [-0.05, 0) is 72.8 Å². The van der Waals surface area contributed by atoms with E-state index in [0.29, 0.717) is 16.2 Å². The summed E-state index contributed by atoms with van der Waals surface area (Å²) in [6, 6.07) is 4.15. The standard InChI is InChI=1S/C17H22Cl2S/c1-15-5-11-6-16(2,8-15)10-17(7-11,9-15)14(19)12-3-4-13(18)20-12/h3-4,11,14H,5-10H2,1-2H3. The highest BCUT2D eigenvalue weighted by molar-refractivity contribution is 7.16. The van der Waals surface area contributed by atoms with E-state index in [4.69, 9.17) is 23.2 Å². The number of rotatable bonds is 2. The van der Waals surface area contributed by atoms with Crippen molar-refractivity contribution in [1.29, 1.82) is 0 Å². The Hall–Kier alpha value is 0.280. The molecule has 0 N–H and O–H groups in total. The van der Waals surface area contributed by atoms with Gasteiger partial charge in [0.1, 0.15) is 0 Å². The minimum atomic E-state index is 0.155. The maximum Gasteiger partial charge on any atom is 0.0931 e. The molecule has 4 fully saturated rings. The van der Waals surface area contributed by atoms with Gasteiger partial charge in [0.05, 0.1) is 9.71 Å². The van der Waals surface area contributed by atoms with E-state index < -0.39 is 0 Å². The molecule has 20 heavy (non-hydrogen) atoms. The Morgan fingerprint density at radius 1 is 1.10 bits per heavy atom. The van der Waals surface area contributed by atoms with Gasteiger partial charge in [-0.25, -0.2) is 0 Å². The zero-order valence-electron chi connectivity index (χ0n) is 12.2. The molecule has 4 aliphatic rings. The fourth-order valence-corrected chi connectivity index (χ4v) is 8.22. The first kappa shape index (κ1) is 13.9. The lowest BCUT2D eigenvalue weighted by molar-refractivity contribution is -0.146. The summed E-state index contributed by atoms with van der Waals surface area (Å²) in [4.78, 5) is 1.28. The van der Waals surface area contributed by atoms with Crippen molar-refractivity contribution < 1.29 is 0 Å². The lowest BCUT2D eigenvalue weighted by Crippen LogP contribution is -2.56. The third-order valence-electron chi connectivity index (χ3n) is 6.05. The van der Waals surface area contributed by atoms with Crippen molar-refractivity contribution in [3.63, 3.8) is 0 Å². The summed E-state index contributed by atoms with van der Waals surface area (Å²) in [5.74, 6) is 0.901. The van der Waals surface area contributed by atoms with E-state index >= 15 is 0 Å². The normalized spacial score (nSPS) is 47.7. The quantitative estimate of drug-likeness (QED) is 0.531. The molecule has 110 valence electrons. The van der Waals surface area contributed by atoms with E-state index in [2.05, 4.69) is 19.9 Å². The summed E-state index contributed by atoms with van der Waals surface area (Å²) in [5.41, 5.74) is 1.38. The van der Waals surface area contributed by atoms with Gasteiger partial charge in [-0.2, -0.15) is 0 Å². The van der Waals surface area contributed by atoms with Crippen LogP contribution in [-0.2, 0) is 0 Å². The largest absolute Gasteiger partial charge is 0.127 e. The number of alkyl halides is 1. The summed E-state index contributed by atoms with van der Waals surface area (Å²) in [6.45, 7) is 5.02. The number of halogens is 2. The molecule has 0 nitrogen and oxygen atoms in total. The maximum atomic E-state index is 7.02. The Morgan fingerprint density at radius 2 is 1.75 bits per heavy atom. The molecular formula is C17H22Cl2S. The van der Waals surface area contributed by atoms with Crippen LogP contribution >= 0.6 is 34.5 Å². The van der Waals surface area contributed by atoms with Gasteiger partial charge in [0.2, 0.25) is 0 Å². The van der Waals surface area contributed by atoms with Crippen LogP contribution < -0.4 is 0 Å². The lowest BCUT2D eigenvalue weighted by atomic mass is 9.39. The molecular weight excluding hydrogens is 307 g/mol. The average molecular weight is 329 g/mol. The molecule has 4 bridgehead atoms. The zero-order chi connectivity index (χ0) is 14.2. The van der Waals surface area contributed by atoms with Gasteiger partial charge >= 0.3 is 0 Å². The molecule has 1 aromatic rings. The molecule has 4 saturated carbocycles. The Morgan fingerprint density at radius 3 is 2.25 bits per heavy atom. The second kappa shape index (κ2) is 4.18. The van der Waals surface area contributed by atoms with Gasteiger partial charge in [0.25, 0.3) is 0 Å². The monoisotopic (exact) mass is 328 g/mol. The molecule has 0 saturated heterocycles. The second-order valence-corrected chi connectivity index (χ2v) is 10.7. The number of thiophene rings is 1. The maximum absolute atomic E-state index is 7.02. The molecule has 0 amide bonds. The first-order valence-electron chi connectivity index (χ1n) is 7.71. The lowest BCUT2D eigenvalue weighted by Gasteiger charge is -2.66. The molecule has 0 radical (unpaired) electrons. The average Bonchev–Trinajstić information content (AvgIpc) is 2.69. The molecule has 1 aromatic heterocycles. The fourth-order valence-electron chi connectivity index (χ4n) is 6.58. The fraction of sp³-hybridized carbons (Fsp3) is 0.765. The molecule has 3 heteroatoms. The third-order valence-corrected chi connectivity index (χ3v) is 8.17. The Labute approximate surface area is 135 Å². The molecule has 4 aliphatic carbocycles. The van der Waals surface area contributed by atoms with Gasteiger partial charge in [0.15, 0.2) is 0 Å². The number of hydrogen-bond acceptors (Lipinski definition) is 1. The minimum absolute atomic E-state index is 0.155. The van der Waals surface area contributed by atoms with Crippen molar-refractivity contribution in [2.45, 2.75) is 57.7 Å². The van der Waals surface area contributed by atoms with Crippen LogP contribution in [0.3, 0.4) is 0 Å². The van der Waals surface area contributed by atoms with E-state index in [0.717, 1.165) is 10.3 Å². The van der Waals surface area contributed by atoms with Crippen LogP contribution in [0.4, 0.5) is 0 Å².